The van der Waals surface area contributed by atoms with Crippen LogP contribution in [-0.4, -0.2) is 15.1 Å². The second-order valence-electron chi connectivity index (χ2n) is 3.77. The predicted octanol–water partition coefficient (Wildman–Crippen LogP) is 1.04. The van der Waals surface area contributed by atoms with E-state index in [4.69, 9.17) is 0 Å². The van der Waals surface area contributed by atoms with Crippen LogP contribution >= 0.6 is 0 Å². The lowest BCUT2D eigenvalue weighted by Crippen LogP contribution is -2.15. The molecule has 5 heteroatoms. The molecule has 0 aliphatic heterocycles. The fraction of sp³-hybridized carbons (Fsp3) is 0. The summed E-state index contributed by atoms with van der Waals surface area (Å²) in [6.07, 6.45) is 0. The van der Waals surface area contributed by atoms with Crippen LogP contribution in [0.25, 0.3) is 22.3 Å². The summed E-state index contributed by atoms with van der Waals surface area (Å²) in [5, 5.41) is 9.27. The van der Waals surface area contributed by atoms with Gasteiger partial charge in [0.15, 0.2) is 11.0 Å². The quantitative estimate of drug-likeness (QED) is 0.581. The van der Waals surface area contributed by atoms with Gasteiger partial charge < -0.3 is 10.1 Å². The van der Waals surface area contributed by atoms with Crippen molar-refractivity contribution in [3.05, 3.63) is 46.8 Å². The fourth-order valence-electron chi connectivity index (χ4n) is 1.83. The Morgan fingerprint density at radius 1 is 1.12 bits per heavy atom. The molecule has 0 spiro atoms. The third-order valence-electron chi connectivity index (χ3n) is 2.61. The summed E-state index contributed by atoms with van der Waals surface area (Å²) in [5.74, 6) is 0. The van der Waals surface area contributed by atoms with Crippen LogP contribution in [0.15, 0.2) is 41.2 Å². The van der Waals surface area contributed by atoms with Gasteiger partial charge in [-0.25, -0.2) is 9.78 Å². The lowest BCUT2D eigenvalue weighted by Gasteiger charge is -1.94. The zero-order chi connectivity index (χ0) is 11.8. The molecule has 0 amide bonds. The van der Waals surface area contributed by atoms with E-state index >= 15 is 0 Å². The van der Waals surface area contributed by atoms with Crippen molar-refractivity contribution in [1.29, 1.82) is 0 Å². The van der Waals surface area contributed by atoms with Gasteiger partial charge in [-0.2, -0.15) is 4.98 Å². The van der Waals surface area contributed by atoms with Crippen molar-refractivity contribution >= 4 is 11.0 Å². The highest BCUT2D eigenvalue weighted by atomic mass is 16.3. The molecule has 1 aromatic carbocycles. The maximum absolute atomic E-state index is 11.6. The normalized spacial score (nSPS) is 10.8. The van der Waals surface area contributed by atoms with E-state index in [2.05, 4.69) is 15.0 Å². The first-order chi connectivity index (χ1) is 8.24. The minimum atomic E-state index is -0.349. The van der Waals surface area contributed by atoms with Gasteiger partial charge >= 0.3 is 11.6 Å². The molecule has 0 aliphatic carbocycles. The number of hydrogen-bond donors (Lipinski definition) is 3. The molecule has 0 bridgehead atoms. The number of H-pyrrole nitrogens is 3. The van der Waals surface area contributed by atoms with E-state index in [1.54, 1.807) is 6.07 Å². The molecule has 0 radical (unpaired) electrons. The molecular weight excluding hydrogens is 218 g/mol. The van der Waals surface area contributed by atoms with Gasteiger partial charge in [-0.1, -0.05) is 30.3 Å². The number of rotatable bonds is 1. The van der Waals surface area contributed by atoms with Gasteiger partial charge in [0.2, 0.25) is 0 Å². The highest BCUT2D eigenvalue weighted by molar-refractivity contribution is 5.79. The van der Waals surface area contributed by atoms with Gasteiger partial charge in [0.1, 0.15) is 0 Å². The maximum Gasteiger partial charge on any atom is 0.452 e. The average Bonchev–Trinajstić information content (AvgIpc) is 2.74. The van der Waals surface area contributed by atoms with E-state index in [0.29, 0.717) is 11.0 Å². The Hall–Kier alpha value is -2.56. The molecule has 2 heterocycles. The van der Waals surface area contributed by atoms with Gasteiger partial charge in [-0.3, -0.25) is 0 Å². The van der Waals surface area contributed by atoms with Crippen molar-refractivity contribution in [2.24, 2.45) is 0 Å². The Kier molecular flexibility index (Phi) is 1.98. The SMILES string of the molecule is O=c1[nH]c(O)[nH+]c2cc(-c3ccccc3)[nH]c12. The Morgan fingerprint density at radius 3 is 2.65 bits per heavy atom. The maximum atomic E-state index is 11.6. The molecule has 84 valence electrons. The summed E-state index contributed by atoms with van der Waals surface area (Å²) in [6, 6.07) is 11.2. The van der Waals surface area contributed by atoms with Crippen molar-refractivity contribution in [2.45, 2.75) is 0 Å². The van der Waals surface area contributed by atoms with Crippen LogP contribution in [-0.2, 0) is 0 Å². The molecule has 4 N–H and O–H groups in total. The van der Waals surface area contributed by atoms with E-state index in [-0.39, 0.29) is 11.6 Å². The van der Waals surface area contributed by atoms with Gasteiger partial charge in [-0.05, 0) is 5.56 Å². The Balaban J connectivity index is 2.28. The first kappa shape index (κ1) is 9.65. The van der Waals surface area contributed by atoms with Gasteiger partial charge in [0.25, 0.3) is 0 Å². The van der Waals surface area contributed by atoms with Crippen LogP contribution in [0.1, 0.15) is 0 Å². The standard InChI is InChI=1S/C12H9N3O2/c16-11-10-9(14-12(17)15-11)6-8(13-10)7-4-2-1-3-5-7/h1-6,13H,(H2,14,15,16,17)/p+1. The zero-order valence-electron chi connectivity index (χ0n) is 8.82. The lowest BCUT2D eigenvalue weighted by atomic mass is 10.2. The lowest BCUT2D eigenvalue weighted by molar-refractivity contribution is -0.368. The number of fused-ring (bicyclic) bond motifs is 1. The van der Waals surface area contributed by atoms with Gasteiger partial charge in [0.05, 0.1) is 5.69 Å². The monoisotopic (exact) mass is 228 g/mol. The van der Waals surface area contributed by atoms with Gasteiger partial charge in [-0.15, -0.1) is 0 Å². The van der Waals surface area contributed by atoms with Crippen LogP contribution in [0.5, 0.6) is 6.01 Å². The highest BCUT2D eigenvalue weighted by Gasteiger charge is 2.12. The van der Waals surface area contributed by atoms with Crippen molar-refractivity contribution in [3.63, 3.8) is 0 Å². The minimum Gasteiger partial charge on any atom is -0.446 e. The molecule has 0 atom stereocenters. The molecular formula is C12H10N3O2+. The van der Waals surface area contributed by atoms with E-state index in [1.165, 1.54) is 0 Å². The molecule has 5 nitrogen and oxygen atoms in total. The van der Waals surface area contributed by atoms with E-state index in [0.717, 1.165) is 11.3 Å². The van der Waals surface area contributed by atoms with Crippen molar-refractivity contribution in [1.82, 2.24) is 9.97 Å². The zero-order valence-corrected chi connectivity index (χ0v) is 8.82. The largest absolute Gasteiger partial charge is 0.452 e. The first-order valence-corrected chi connectivity index (χ1v) is 5.17. The smallest absolute Gasteiger partial charge is 0.446 e. The summed E-state index contributed by atoms with van der Waals surface area (Å²) in [4.78, 5) is 19.6. The minimum absolute atomic E-state index is 0.249. The Bertz CT molecular complexity index is 728. The molecule has 3 aromatic rings. The summed E-state index contributed by atoms with van der Waals surface area (Å²) >= 11 is 0. The fourth-order valence-corrected chi connectivity index (χ4v) is 1.83. The summed E-state index contributed by atoms with van der Waals surface area (Å²) < 4.78 is 0. The number of aromatic amines is 3. The number of nitrogens with one attached hydrogen (secondary N) is 3. The second-order valence-corrected chi connectivity index (χ2v) is 3.77. The third kappa shape index (κ3) is 1.57. The third-order valence-corrected chi connectivity index (χ3v) is 2.61. The molecule has 0 saturated heterocycles. The predicted molar refractivity (Wildman–Crippen MR) is 62.6 cm³/mol. The molecule has 3 rings (SSSR count). The Morgan fingerprint density at radius 2 is 1.88 bits per heavy atom. The van der Waals surface area contributed by atoms with Crippen LogP contribution in [0.2, 0.25) is 0 Å². The summed E-state index contributed by atoms with van der Waals surface area (Å²) in [7, 11) is 0. The number of aromatic hydroxyl groups is 1. The van der Waals surface area contributed by atoms with E-state index < -0.39 is 0 Å². The number of benzene rings is 1. The van der Waals surface area contributed by atoms with Crippen molar-refractivity contribution in [3.8, 4) is 17.3 Å². The van der Waals surface area contributed by atoms with E-state index in [9.17, 15) is 9.90 Å². The average molecular weight is 228 g/mol. The van der Waals surface area contributed by atoms with Crippen LogP contribution in [0.3, 0.4) is 0 Å². The summed E-state index contributed by atoms with van der Waals surface area (Å²) in [6.45, 7) is 0. The molecule has 0 fully saturated rings. The van der Waals surface area contributed by atoms with Crippen LogP contribution in [0.4, 0.5) is 0 Å². The van der Waals surface area contributed by atoms with Crippen molar-refractivity contribution in [2.75, 3.05) is 0 Å². The number of hydrogen-bond acceptors (Lipinski definition) is 2. The topological polar surface area (TPSA) is 83.0 Å². The highest BCUT2D eigenvalue weighted by Crippen LogP contribution is 2.19. The number of aromatic nitrogens is 3. The van der Waals surface area contributed by atoms with Crippen LogP contribution in [0, 0.1) is 0 Å². The molecule has 0 aliphatic rings. The van der Waals surface area contributed by atoms with E-state index in [1.807, 2.05) is 30.3 Å². The molecule has 2 aromatic heterocycles. The van der Waals surface area contributed by atoms with Gasteiger partial charge in [0, 0.05) is 6.07 Å². The van der Waals surface area contributed by atoms with Crippen molar-refractivity contribution < 1.29 is 10.1 Å². The Labute approximate surface area is 95.8 Å². The summed E-state index contributed by atoms with van der Waals surface area (Å²) in [5.41, 5.74) is 2.45. The second kappa shape index (κ2) is 3.48. The molecule has 17 heavy (non-hydrogen) atoms. The molecule has 0 unspecified atom stereocenters. The van der Waals surface area contributed by atoms with Crippen LogP contribution < -0.4 is 10.5 Å². The molecule has 0 saturated carbocycles. The first-order valence-electron chi connectivity index (χ1n) is 5.17.